The SMILES string of the molecule is C=C(CC(=O)O)C(=O)OC.C=C(CC(=O)O)C(=O)OC.C=C(CC(=O)O)C(=O)OC.CCC(CO)(CO)CO. The zero-order valence-corrected chi connectivity index (χ0v) is 22.4. The van der Waals surface area contributed by atoms with Gasteiger partial charge in [-0.1, -0.05) is 26.7 Å². The smallest absolute Gasteiger partial charge is 0.333 e. The molecule has 0 aromatic rings. The van der Waals surface area contributed by atoms with E-state index in [1.54, 1.807) is 0 Å². The van der Waals surface area contributed by atoms with Crippen LogP contribution in [-0.4, -0.2) is 108 Å². The Bertz CT molecular complexity index is 741. The van der Waals surface area contributed by atoms with E-state index in [0.717, 1.165) is 0 Å². The molecule has 0 fully saturated rings. The maximum atomic E-state index is 10.5. The molecule has 0 saturated carbocycles. The predicted molar refractivity (Wildman–Crippen MR) is 134 cm³/mol. The highest BCUT2D eigenvalue weighted by atomic mass is 16.5. The van der Waals surface area contributed by atoms with Crippen LogP contribution in [0.2, 0.25) is 0 Å². The van der Waals surface area contributed by atoms with E-state index >= 15 is 0 Å². The number of carboxylic acid groups (broad SMARTS) is 3. The van der Waals surface area contributed by atoms with Crippen molar-refractivity contribution in [3.63, 3.8) is 0 Å². The minimum atomic E-state index is -1.09. The molecule has 0 heterocycles. The molecule has 39 heavy (non-hydrogen) atoms. The molecule has 0 bridgehead atoms. The number of carbonyl (C=O) groups is 6. The fourth-order valence-corrected chi connectivity index (χ4v) is 1.68. The Hall–Kier alpha value is -4.08. The summed E-state index contributed by atoms with van der Waals surface area (Å²) in [6.07, 6.45) is -0.511. The predicted octanol–water partition coefficient (Wildman–Crippen LogP) is -0.0694. The lowest BCUT2D eigenvalue weighted by atomic mass is 9.88. The van der Waals surface area contributed by atoms with E-state index < -0.39 is 41.2 Å². The summed E-state index contributed by atoms with van der Waals surface area (Å²) in [6, 6.07) is 0. The van der Waals surface area contributed by atoms with Gasteiger partial charge in [-0.3, -0.25) is 14.4 Å². The lowest BCUT2D eigenvalue weighted by molar-refractivity contribution is -0.141. The van der Waals surface area contributed by atoms with Gasteiger partial charge in [-0.05, 0) is 6.42 Å². The van der Waals surface area contributed by atoms with Gasteiger partial charge in [0.05, 0.1) is 60.4 Å². The number of methoxy groups -OCH3 is 3. The molecule has 0 radical (unpaired) electrons. The van der Waals surface area contributed by atoms with Gasteiger partial charge in [0.25, 0.3) is 0 Å². The zero-order valence-electron chi connectivity index (χ0n) is 22.4. The molecule has 0 unspecified atom stereocenters. The van der Waals surface area contributed by atoms with Crippen LogP contribution in [0.3, 0.4) is 0 Å². The van der Waals surface area contributed by atoms with Crippen LogP contribution in [0.4, 0.5) is 0 Å². The molecule has 0 aliphatic heterocycles. The number of hydrogen-bond donors (Lipinski definition) is 6. The quantitative estimate of drug-likeness (QED) is 0.0969. The number of rotatable bonds is 13. The lowest BCUT2D eigenvalue weighted by Crippen LogP contribution is -2.32. The third-order valence-corrected chi connectivity index (χ3v) is 4.27. The highest BCUT2D eigenvalue weighted by molar-refractivity contribution is 5.93. The van der Waals surface area contributed by atoms with Crippen LogP contribution in [0.5, 0.6) is 0 Å². The van der Waals surface area contributed by atoms with E-state index in [1.165, 1.54) is 21.3 Å². The standard InChI is InChI=1S/3C6H8O4.C6H14O3/c3*1-4(3-5(7)8)6(9)10-2;1-2-6(3-7,4-8)5-9/h3*1,3H2,2H3,(H,7,8);7-9H,2-5H2,1H3. The fourth-order valence-electron chi connectivity index (χ4n) is 1.68. The van der Waals surface area contributed by atoms with E-state index in [4.69, 9.17) is 30.6 Å². The van der Waals surface area contributed by atoms with Crippen molar-refractivity contribution in [2.24, 2.45) is 5.41 Å². The first-order valence-electron chi connectivity index (χ1n) is 10.7. The highest BCUT2D eigenvalue weighted by Crippen LogP contribution is 2.18. The summed E-state index contributed by atoms with van der Waals surface area (Å²) in [4.78, 5) is 61.3. The molecule has 0 amide bonds. The molecular formula is C24H38O15. The first kappa shape index (κ1) is 42.0. The third kappa shape index (κ3) is 24.0. The van der Waals surface area contributed by atoms with Crippen LogP contribution in [0.1, 0.15) is 32.6 Å². The van der Waals surface area contributed by atoms with Gasteiger partial charge in [0, 0.05) is 22.1 Å². The van der Waals surface area contributed by atoms with Crippen LogP contribution < -0.4 is 0 Å². The van der Waals surface area contributed by atoms with Crippen LogP contribution in [0, 0.1) is 5.41 Å². The number of carboxylic acids is 3. The summed E-state index contributed by atoms with van der Waals surface area (Å²) in [7, 11) is 3.53. The molecular weight excluding hydrogens is 528 g/mol. The second kappa shape index (κ2) is 24.3. The summed E-state index contributed by atoms with van der Waals surface area (Å²) >= 11 is 0. The van der Waals surface area contributed by atoms with Crippen molar-refractivity contribution >= 4 is 35.8 Å². The van der Waals surface area contributed by atoms with Gasteiger partial charge in [-0.25, -0.2) is 14.4 Å². The summed E-state index contributed by atoms with van der Waals surface area (Å²) in [6.45, 7) is 11.0. The molecule has 6 N–H and O–H groups in total. The van der Waals surface area contributed by atoms with Gasteiger partial charge in [0.15, 0.2) is 0 Å². The van der Waals surface area contributed by atoms with E-state index in [9.17, 15) is 28.8 Å². The molecule has 0 aromatic heterocycles. The van der Waals surface area contributed by atoms with Gasteiger partial charge in [0.2, 0.25) is 0 Å². The minimum Gasteiger partial charge on any atom is -0.481 e. The van der Waals surface area contributed by atoms with Crippen LogP contribution in [0.25, 0.3) is 0 Å². The van der Waals surface area contributed by atoms with E-state index in [-0.39, 0.29) is 55.8 Å². The number of aliphatic hydroxyl groups excluding tert-OH is 3. The van der Waals surface area contributed by atoms with Crippen molar-refractivity contribution in [3.05, 3.63) is 36.5 Å². The number of esters is 3. The van der Waals surface area contributed by atoms with Gasteiger partial charge in [0.1, 0.15) is 0 Å². The number of carbonyl (C=O) groups excluding carboxylic acids is 3. The van der Waals surface area contributed by atoms with Crippen molar-refractivity contribution in [2.45, 2.75) is 32.6 Å². The van der Waals surface area contributed by atoms with Crippen molar-refractivity contribution in [3.8, 4) is 0 Å². The van der Waals surface area contributed by atoms with Gasteiger partial charge < -0.3 is 44.8 Å². The molecule has 15 heteroatoms. The Labute approximate surface area is 225 Å². The molecule has 0 atom stereocenters. The largest absolute Gasteiger partial charge is 0.481 e. The first-order valence-corrected chi connectivity index (χ1v) is 10.7. The highest BCUT2D eigenvalue weighted by Gasteiger charge is 2.24. The molecule has 0 aromatic carbocycles. The normalized spacial score (nSPS) is 9.31. The number of aliphatic hydroxyl groups is 3. The Balaban J connectivity index is -0.000000210. The van der Waals surface area contributed by atoms with E-state index in [0.29, 0.717) is 6.42 Å². The Morgan fingerprint density at radius 2 is 0.769 bits per heavy atom. The molecule has 224 valence electrons. The Morgan fingerprint density at radius 3 is 0.846 bits per heavy atom. The molecule has 0 spiro atoms. The maximum absolute atomic E-state index is 10.5. The van der Waals surface area contributed by atoms with Crippen molar-refractivity contribution in [1.82, 2.24) is 0 Å². The van der Waals surface area contributed by atoms with Gasteiger partial charge >= 0.3 is 35.8 Å². The van der Waals surface area contributed by atoms with Crippen LogP contribution in [-0.2, 0) is 43.0 Å². The fraction of sp³-hybridized carbons (Fsp3) is 0.500. The molecule has 0 aliphatic rings. The van der Waals surface area contributed by atoms with E-state index in [1.807, 2.05) is 6.92 Å². The van der Waals surface area contributed by atoms with Crippen molar-refractivity contribution in [1.29, 1.82) is 0 Å². The van der Waals surface area contributed by atoms with Crippen molar-refractivity contribution < 1.29 is 73.6 Å². The molecule has 0 aliphatic carbocycles. The minimum absolute atomic E-state index is 0.0463. The molecule has 0 saturated heterocycles. The summed E-state index contributed by atoms with van der Waals surface area (Å²) < 4.78 is 12.6. The molecule has 0 rings (SSSR count). The first-order chi connectivity index (χ1) is 18.0. The molecule has 15 nitrogen and oxygen atoms in total. The maximum Gasteiger partial charge on any atom is 0.333 e. The van der Waals surface area contributed by atoms with Gasteiger partial charge in [-0.2, -0.15) is 0 Å². The van der Waals surface area contributed by atoms with Gasteiger partial charge in [-0.15, -0.1) is 0 Å². The van der Waals surface area contributed by atoms with Crippen LogP contribution >= 0.6 is 0 Å². The zero-order chi connectivity index (χ0) is 31.8. The summed E-state index contributed by atoms with van der Waals surface area (Å²) in [5, 5.41) is 50.4. The topological polar surface area (TPSA) is 251 Å². The number of ether oxygens (including phenoxy) is 3. The third-order valence-electron chi connectivity index (χ3n) is 4.27. The Morgan fingerprint density at radius 1 is 0.564 bits per heavy atom. The number of hydrogen-bond acceptors (Lipinski definition) is 12. The summed E-state index contributed by atoms with van der Waals surface area (Å²) in [5.74, 6) is -5.30. The van der Waals surface area contributed by atoms with Crippen LogP contribution in [0.15, 0.2) is 36.5 Å². The average molecular weight is 567 g/mol. The van der Waals surface area contributed by atoms with E-state index in [2.05, 4.69) is 33.9 Å². The Kier molecular flexibility index (Phi) is 26.2. The van der Waals surface area contributed by atoms with Crippen molar-refractivity contribution in [2.75, 3.05) is 41.2 Å². The monoisotopic (exact) mass is 566 g/mol. The number of aliphatic carboxylic acids is 3. The lowest BCUT2D eigenvalue weighted by Gasteiger charge is -2.24. The second-order valence-corrected chi connectivity index (χ2v) is 7.32. The second-order valence-electron chi connectivity index (χ2n) is 7.32. The average Bonchev–Trinajstić information content (AvgIpc) is 2.88. The summed E-state index contributed by atoms with van der Waals surface area (Å²) in [5.41, 5.74) is -0.806.